The molecule has 1 aromatic rings. The van der Waals surface area contributed by atoms with Crippen LogP contribution in [0.3, 0.4) is 0 Å². The van der Waals surface area contributed by atoms with Crippen LogP contribution in [-0.4, -0.2) is 23.0 Å². The first-order valence-corrected chi connectivity index (χ1v) is 5.26. The smallest absolute Gasteiger partial charge is 0.356 e. The average molecular weight is 218 g/mol. The van der Waals surface area contributed by atoms with Gasteiger partial charge in [0, 0.05) is 0 Å². The van der Waals surface area contributed by atoms with Crippen LogP contribution in [0.5, 0.6) is 0 Å². The van der Waals surface area contributed by atoms with E-state index in [-0.39, 0.29) is 5.96 Å². The van der Waals surface area contributed by atoms with Crippen LogP contribution in [0.15, 0.2) is 29.3 Å². The van der Waals surface area contributed by atoms with E-state index >= 15 is 0 Å². The number of nitrogens with zero attached hydrogens (tertiary/aromatic N) is 2. The molecule has 0 unspecified atom stereocenters. The van der Waals surface area contributed by atoms with Crippen LogP contribution in [0.4, 0.5) is 5.69 Å². The number of aliphatic imine (C=N–C) groups is 1. The number of guanidine groups is 2. The zero-order chi connectivity index (χ0) is 11.5. The minimum absolute atomic E-state index is 0.0134. The second-order valence-corrected chi connectivity index (χ2v) is 3.78. The molecule has 0 amide bonds. The second kappa shape index (κ2) is 4.22. The highest BCUT2D eigenvalue weighted by Crippen LogP contribution is 2.24. The molecule has 84 valence electrons. The molecule has 1 aromatic carbocycles. The van der Waals surface area contributed by atoms with Gasteiger partial charge in [-0.1, -0.05) is 18.2 Å². The SMILES string of the molecule is NC(N)=NC(N)=[N+]1CCCc2ccccc21. The van der Waals surface area contributed by atoms with Gasteiger partial charge in [-0.3, -0.25) is 5.73 Å². The maximum absolute atomic E-state index is 5.86. The summed E-state index contributed by atoms with van der Waals surface area (Å²) in [5, 5.41) is 0. The molecule has 0 aromatic heterocycles. The topological polar surface area (TPSA) is 93.4 Å². The third-order valence-electron chi connectivity index (χ3n) is 2.63. The molecule has 0 aliphatic carbocycles. The van der Waals surface area contributed by atoms with Crippen LogP contribution in [-0.2, 0) is 6.42 Å². The molecule has 0 saturated carbocycles. The highest BCUT2D eigenvalue weighted by Gasteiger charge is 2.19. The van der Waals surface area contributed by atoms with Crippen molar-refractivity contribution in [3.05, 3.63) is 29.8 Å². The number of aryl methyl sites for hydroxylation is 1. The van der Waals surface area contributed by atoms with E-state index in [4.69, 9.17) is 17.2 Å². The molecule has 1 aliphatic rings. The van der Waals surface area contributed by atoms with Crippen molar-refractivity contribution in [3.63, 3.8) is 0 Å². The number of hydrogen-bond acceptors (Lipinski definition) is 0. The first kappa shape index (κ1) is 10.5. The van der Waals surface area contributed by atoms with Crippen molar-refractivity contribution in [2.45, 2.75) is 12.8 Å². The molecule has 0 radical (unpaired) electrons. The molecule has 0 spiro atoms. The van der Waals surface area contributed by atoms with Crippen LogP contribution in [0.25, 0.3) is 0 Å². The molecule has 16 heavy (non-hydrogen) atoms. The molecule has 5 heteroatoms. The lowest BCUT2D eigenvalue weighted by molar-refractivity contribution is -0.448. The third kappa shape index (κ3) is 1.98. The van der Waals surface area contributed by atoms with Crippen molar-refractivity contribution in [1.82, 2.24) is 0 Å². The van der Waals surface area contributed by atoms with Crippen LogP contribution in [0, 0.1) is 0 Å². The number of benzene rings is 1. The van der Waals surface area contributed by atoms with Gasteiger partial charge in [0.15, 0.2) is 0 Å². The molecule has 2 rings (SSSR count). The van der Waals surface area contributed by atoms with Crippen molar-refractivity contribution in [2.75, 3.05) is 6.54 Å². The van der Waals surface area contributed by atoms with E-state index in [9.17, 15) is 0 Å². The molecule has 5 nitrogen and oxygen atoms in total. The Morgan fingerprint density at radius 2 is 1.94 bits per heavy atom. The van der Waals surface area contributed by atoms with E-state index in [1.807, 2.05) is 22.8 Å². The summed E-state index contributed by atoms with van der Waals surface area (Å²) in [6.45, 7) is 0.847. The van der Waals surface area contributed by atoms with E-state index in [0.717, 1.165) is 25.1 Å². The summed E-state index contributed by atoms with van der Waals surface area (Å²) in [7, 11) is 0. The Morgan fingerprint density at radius 3 is 2.69 bits per heavy atom. The fourth-order valence-electron chi connectivity index (χ4n) is 1.96. The fourth-order valence-corrected chi connectivity index (χ4v) is 1.96. The van der Waals surface area contributed by atoms with Crippen LogP contribution >= 0.6 is 0 Å². The molecular weight excluding hydrogens is 202 g/mol. The molecule has 0 bridgehead atoms. The molecular formula is C11H16N5+. The summed E-state index contributed by atoms with van der Waals surface area (Å²) in [5.41, 5.74) is 18.9. The zero-order valence-corrected chi connectivity index (χ0v) is 9.06. The maximum Gasteiger partial charge on any atom is 0.393 e. The molecule has 0 saturated heterocycles. The summed E-state index contributed by atoms with van der Waals surface area (Å²) in [6, 6.07) is 8.15. The summed E-state index contributed by atoms with van der Waals surface area (Å²) in [6.07, 6.45) is 2.12. The van der Waals surface area contributed by atoms with E-state index in [0.29, 0.717) is 5.96 Å². The van der Waals surface area contributed by atoms with E-state index in [2.05, 4.69) is 11.1 Å². The van der Waals surface area contributed by atoms with Crippen molar-refractivity contribution < 1.29 is 4.58 Å². The van der Waals surface area contributed by atoms with Gasteiger partial charge in [0.1, 0.15) is 5.69 Å². The Kier molecular flexibility index (Phi) is 2.76. The molecule has 0 fully saturated rings. The summed E-state index contributed by atoms with van der Waals surface area (Å²) in [5.74, 6) is 0.340. The Bertz CT molecular complexity index is 457. The highest BCUT2D eigenvalue weighted by molar-refractivity contribution is 5.90. The van der Waals surface area contributed by atoms with Gasteiger partial charge in [0.05, 0.1) is 6.54 Å². The van der Waals surface area contributed by atoms with Crippen molar-refractivity contribution in [2.24, 2.45) is 22.2 Å². The maximum atomic E-state index is 5.86. The Hall–Kier alpha value is -2.04. The van der Waals surface area contributed by atoms with Gasteiger partial charge in [0.2, 0.25) is 0 Å². The van der Waals surface area contributed by atoms with Gasteiger partial charge >= 0.3 is 5.96 Å². The Morgan fingerprint density at radius 1 is 1.19 bits per heavy atom. The standard InChI is InChI=1S/C11H15N5/c12-10(13)15-11(14)16-7-3-5-8-4-1-2-6-9(8)16/h1-2,4,6H,3,5,7H2,(H5,12,13,14,15)/p+1. The van der Waals surface area contributed by atoms with Crippen LogP contribution < -0.4 is 17.2 Å². The van der Waals surface area contributed by atoms with Crippen LogP contribution in [0.1, 0.15) is 12.0 Å². The fraction of sp³-hybridized carbons (Fsp3) is 0.273. The minimum Gasteiger partial charge on any atom is -0.356 e. The number of fused-ring (bicyclic) bond motifs is 1. The first-order valence-electron chi connectivity index (χ1n) is 5.26. The lowest BCUT2D eigenvalue weighted by atomic mass is 10.0. The molecule has 0 atom stereocenters. The first-order chi connectivity index (χ1) is 7.68. The predicted molar refractivity (Wildman–Crippen MR) is 64.6 cm³/mol. The summed E-state index contributed by atoms with van der Waals surface area (Å²) < 4.78 is 1.94. The third-order valence-corrected chi connectivity index (χ3v) is 2.63. The van der Waals surface area contributed by atoms with Crippen molar-refractivity contribution in [3.8, 4) is 0 Å². The number of rotatable bonds is 0. The quantitative estimate of drug-likeness (QED) is 0.321. The normalized spacial score (nSPS) is 17.5. The second-order valence-electron chi connectivity index (χ2n) is 3.78. The molecule has 1 heterocycles. The van der Waals surface area contributed by atoms with Gasteiger partial charge in [-0.2, -0.15) is 0 Å². The zero-order valence-electron chi connectivity index (χ0n) is 9.06. The highest BCUT2D eigenvalue weighted by atomic mass is 15.2. The summed E-state index contributed by atoms with van der Waals surface area (Å²) in [4.78, 5) is 3.89. The number of para-hydroxylation sites is 1. The average Bonchev–Trinajstić information content (AvgIpc) is 2.27. The van der Waals surface area contributed by atoms with Crippen molar-refractivity contribution >= 4 is 17.6 Å². The van der Waals surface area contributed by atoms with E-state index in [1.165, 1.54) is 5.56 Å². The van der Waals surface area contributed by atoms with Gasteiger partial charge in [0.25, 0.3) is 5.96 Å². The van der Waals surface area contributed by atoms with Crippen LogP contribution in [0.2, 0.25) is 0 Å². The minimum atomic E-state index is -0.0134. The predicted octanol–water partition coefficient (Wildman–Crippen LogP) is -0.135. The largest absolute Gasteiger partial charge is 0.393 e. The van der Waals surface area contributed by atoms with E-state index < -0.39 is 0 Å². The van der Waals surface area contributed by atoms with Gasteiger partial charge < -0.3 is 11.5 Å². The summed E-state index contributed by atoms with van der Waals surface area (Å²) >= 11 is 0. The Labute approximate surface area is 94.3 Å². The molecule has 1 aliphatic heterocycles. The van der Waals surface area contributed by atoms with Crippen molar-refractivity contribution in [1.29, 1.82) is 0 Å². The number of hydrogen-bond donors (Lipinski definition) is 3. The number of nitrogens with two attached hydrogens (primary N) is 3. The lowest BCUT2D eigenvalue weighted by Crippen LogP contribution is -2.32. The Balaban J connectivity index is 2.50. The van der Waals surface area contributed by atoms with Gasteiger partial charge in [-0.05, 0) is 29.5 Å². The van der Waals surface area contributed by atoms with Gasteiger partial charge in [-0.25, -0.2) is 4.58 Å². The monoisotopic (exact) mass is 218 g/mol. The van der Waals surface area contributed by atoms with E-state index in [1.54, 1.807) is 0 Å². The lowest BCUT2D eigenvalue weighted by Gasteiger charge is -2.18. The molecule has 6 N–H and O–H groups in total. The van der Waals surface area contributed by atoms with Gasteiger partial charge in [-0.15, -0.1) is 0 Å².